The SMILES string of the molecule is CCOc1ccccc1C(N)CSc1ccoc1C. The Morgan fingerprint density at radius 3 is 2.79 bits per heavy atom. The average Bonchev–Trinajstić information content (AvgIpc) is 2.82. The molecule has 4 heteroatoms. The molecule has 0 radical (unpaired) electrons. The quantitative estimate of drug-likeness (QED) is 0.816. The van der Waals surface area contributed by atoms with Crippen LogP contribution in [0.15, 0.2) is 45.9 Å². The van der Waals surface area contributed by atoms with Crippen LogP contribution in [0.5, 0.6) is 5.75 Å². The van der Waals surface area contributed by atoms with Crippen molar-refractivity contribution in [1.29, 1.82) is 0 Å². The number of thioether (sulfide) groups is 1. The van der Waals surface area contributed by atoms with Gasteiger partial charge in [0.15, 0.2) is 0 Å². The summed E-state index contributed by atoms with van der Waals surface area (Å²) in [5.41, 5.74) is 7.32. The third kappa shape index (κ3) is 3.55. The summed E-state index contributed by atoms with van der Waals surface area (Å²) in [5, 5.41) is 0. The molecule has 3 nitrogen and oxygen atoms in total. The Balaban J connectivity index is 2.03. The van der Waals surface area contributed by atoms with Crippen molar-refractivity contribution < 1.29 is 9.15 Å². The summed E-state index contributed by atoms with van der Waals surface area (Å²) >= 11 is 1.71. The Bertz CT molecular complexity index is 524. The summed E-state index contributed by atoms with van der Waals surface area (Å²) < 4.78 is 10.9. The monoisotopic (exact) mass is 277 g/mol. The molecule has 0 aliphatic heterocycles. The standard InChI is InChI=1S/C15H19NO2S/c1-3-17-14-7-5-4-6-12(14)13(16)10-19-15-8-9-18-11(15)2/h4-9,13H,3,10,16H2,1-2H3. The average molecular weight is 277 g/mol. The van der Waals surface area contributed by atoms with Crippen molar-refractivity contribution in [2.75, 3.05) is 12.4 Å². The van der Waals surface area contributed by atoms with E-state index in [1.165, 1.54) is 0 Å². The number of furan rings is 1. The van der Waals surface area contributed by atoms with Gasteiger partial charge in [0.05, 0.1) is 12.9 Å². The minimum Gasteiger partial charge on any atom is -0.494 e. The highest BCUT2D eigenvalue weighted by Crippen LogP contribution is 2.30. The number of para-hydroxylation sites is 1. The van der Waals surface area contributed by atoms with Crippen molar-refractivity contribution in [3.8, 4) is 5.75 Å². The first-order valence-corrected chi connectivity index (χ1v) is 7.35. The van der Waals surface area contributed by atoms with Gasteiger partial charge in [0.2, 0.25) is 0 Å². The van der Waals surface area contributed by atoms with E-state index in [9.17, 15) is 0 Å². The minimum absolute atomic E-state index is 0.0537. The Morgan fingerprint density at radius 2 is 2.11 bits per heavy atom. The van der Waals surface area contributed by atoms with E-state index in [1.54, 1.807) is 18.0 Å². The van der Waals surface area contributed by atoms with E-state index in [0.717, 1.165) is 27.7 Å². The maximum Gasteiger partial charge on any atom is 0.124 e. The van der Waals surface area contributed by atoms with Gasteiger partial charge in [-0.1, -0.05) is 18.2 Å². The van der Waals surface area contributed by atoms with Crippen LogP contribution in [0.2, 0.25) is 0 Å². The van der Waals surface area contributed by atoms with E-state index in [1.807, 2.05) is 44.2 Å². The van der Waals surface area contributed by atoms with Gasteiger partial charge in [-0.3, -0.25) is 0 Å². The predicted molar refractivity (Wildman–Crippen MR) is 78.7 cm³/mol. The zero-order valence-electron chi connectivity index (χ0n) is 11.3. The number of ether oxygens (including phenoxy) is 1. The lowest BCUT2D eigenvalue weighted by molar-refractivity contribution is 0.335. The maximum absolute atomic E-state index is 6.26. The molecule has 102 valence electrons. The molecule has 2 rings (SSSR count). The molecule has 0 bridgehead atoms. The van der Waals surface area contributed by atoms with Crippen LogP contribution in [0.4, 0.5) is 0 Å². The Labute approximate surface area is 118 Å². The molecular formula is C15H19NO2S. The first-order valence-electron chi connectivity index (χ1n) is 6.36. The van der Waals surface area contributed by atoms with E-state index in [0.29, 0.717) is 6.61 Å². The molecule has 0 saturated carbocycles. The second-order valence-corrected chi connectivity index (χ2v) is 5.29. The van der Waals surface area contributed by atoms with Gasteiger partial charge in [0.25, 0.3) is 0 Å². The van der Waals surface area contributed by atoms with Gasteiger partial charge in [0.1, 0.15) is 11.5 Å². The lowest BCUT2D eigenvalue weighted by Crippen LogP contribution is -2.14. The summed E-state index contributed by atoms with van der Waals surface area (Å²) in [6.45, 7) is 4.59. The molecular weight excluding hydrogens is 258 g/mol. The number of hydrogen-bond donors (Lipinski definition) is 1. The summed E-state index contributed by atoms with van der Waals surface area (Å²) in [6, 6.07) is 9.87. The maximum atomic E-state index is 6.26. The van der Waals surface area contributed by atoms with Crippen molar-refractivity contribution in [1.82, 2.24) is 0 Å². The second kappa shape index (κ2) is 6.68. The van der Waals surface area contributed by atoms with Gasteiger partial charge in [-0.05, 0) is 26.0 Å². The van der Waals surface area contributed by atoms with Gasteiger partial charge in [-0.2, -0.15) is 0 Å². The number of aryl methyl sites for hydroxylation is 1. The molecule has 0 spiro atoms. The van der Waals surface area contributed by atoms with Crippen LogP contribution in [-0.4, -0.2) is 12.4 Å². The lowest BCUT2D eigenvalue weighted by atomic mass is 10.1. The highest BCUT2D eigenvalue weighted by atomic mass is 32.2. The van der Waals surface area contributed by atoms with Crippen LogP contribution in [0, 0.1) is 6.92 Å². The van der Waals surface area contributed by atoms with Crippen LogP contribution in [0.3, 0.4) is 0 Å². The van der Waals surface area contributed by atoms with Crippen molar-refractivity contribution in [3.05, 3.63) is 47.9 Å². The van der Waals surface area contributed by atoms with Gasteiger partial charge in [-0.15, -0.1) is 11.8 Å². The number of rotatable bonds is 6. The zero-order chi connectivity index (χ0) is 13.7. The molecule has 1 heterocycles. The van der Waals surface area contributed by atoms with E-state index < -0.39 is 0 Å². The number of nitrogens with two attached hydrogens (primary N) is 1. The van der Waals surface area contributed by atoms with E-state index in [2.05, 4.69) is 0 Å². The molecule has 2 N–H and O–H groups in total. The molecule has 0 aliphatic rings. The summed E-state index contributed by atoms with van der Waals surface area (Å²) in [4.78, 5) is 1.14. The third-order valence-electron chi connectivity index (χ3n) is 2.85. The van der Waals surface area contributed by atoms with Crippen molar-refractivity contribution in [2.24, 2.45) is 5.73 Å². The second-order valence-electron chi connectivity index (χ2n) is 4.23. The fourth-order valence-electron chi connectivity index (χ4n) is 1.87. The predicted octanol–water partition coefficient (Wildman–Crippen LogP) is 3.78. The van der Waals surface area contributed by atoms with E-state index >= 15 is 0 Å². The molecule has 0 saturated heterocycles. The molecule has 1 aromatic carbocycles. The Kier molecular flexibility index (Phi) is 4.93. The van der Waals surface area contributed by atoms with Crippen LogP contribution in [-0.2, 0) is 0 Å². The fourth-order valence-corrected chi connectivity index (χ4v) is 2.81. The van der Waals surface area contributed by atoms with Crippen LogP contribution < -0.4 is 10.5 Å². The third-order valence-corrected chi connectivity index (χ3v) is 4.11. The largest absolute Gasteiger partial charge is 0.494 e. The topological polar surface area (TPSA) is 48.4 Å². The van der Waals surface area contributed by atoms with Crippen molar-refractivity contribution >= 4 is 11.8 Å². The van der Waals surface area contributed by atoms with E-state index in [4.69, 9.17) is 14.9 Å². The molecule has 0 aliphatic carbocycles. The summed E-state index contributed by atoms with van der Waals surface area (Å²) in [7, 11) is 0. The van der Waals surface area contributed by atoms with Gasteiger partial charge >= 0.3 is 0 Å². The van der Waals surface area contributed by atoms with Crippen LogP contribution in [0.25, 0.3) is 0 Å². The molecule has 1 aromatic heterocycles. The highest BCUT2D eigenvalue weighted by Gasteiger charge is 2.13. The van der Waals surface area contributed by atoms with Crippen molar-refractivity contribution in [3.63, 3.8) is 0 Å². The Hall–Kier alpha value is -1.39. The number of benzene rings is 1. The molecule has 2 aromatic rings. The smallest absolute Gasteiger partial charge is 0.124 e. The normalized spacial score (nSPS) is 12.4. The first kappa shape index (κ1) is 14.0. The molecule has 0 amide bonds. The number of hydrogen-bond acceptors (Lipinski definition) is 4. The fraction of sp³-hybridized carbons (Fsp3) is 0.333. The summed E-state index contributed by atoms with van der Waals surface area (Å²) in [5.74, 6) is 2.61. The van der Waals surface area contributed by atoms with Gasteiger partial charge in [0, 0.05) is 22.3 Å². The van der Waals surface area contributed by atoms with Gasteiger partial charge < -0.3 is 14.9 Å². The van der Waals surface area contributed by atoms with Crippen LogP contribution >= 0.6 is 11.8 Å². The molecule has 1 unspecified atom stereocenters. The molecule has 1 atom stereocenters. The van der Waals surface area contributed by atoms with Crippen molar-refractivity contribution in [2.45, 2.75) is 24.8 Å². The van der Waals surface area contributed by atoms with Crippen LogP contribution in [0.1, 0.15) is 24.3 Å². The van der Waals surface area contributed by atoms with Gasteiger partial charge in [-0.25, -0.2) is 0 Å². The first-order chi connectivity index (χ1) is 9.22. The minimum atomic E-state index is -0.0537. The highest BCUT2D eigenvalue weighted by molar-refractivity contribution is 7.99. The summed E-state index contributed by atoms with van der Waals surface area (Å²) in [6.07, 6.45) is 1.71. The van der Waals surface area contributed by atoms with E-state index in [-0.39, 0.29) is 6.04 Å². The Morgan fingerprint density at radius 1 is 1.32 bits per heavy atom. The molecule has 0 fully saturated rings. The molecule has 19 heavy (non-hydrogen) atoms. The zero-order valence-corrected chi connectivity index (χ0v) is 12.1. The lowest BCUT2D eigenvalue weighted by Gasteiger charge is -2.16.